The van der Waals surface area contributed by atoms with E-state index in [4.69, 9.17) is 9.47 Å². The minimum absolute atomic E-state index is 0.101. The lowest BCUT2D eigenvalue weighted by Gasteiger charge is -2.42. The topological polar surface area (TPSA) is 30.5 Å². The highest BCUT2D eigenvalue weighted by Gasteiger charge is 2.39. The van der Waals surface area contributed by atoms with Crippen LogP contribution in [0, 0.1) is 0 Å². The smallest absolute Gasteiger partial charge is 0.112 e. The number of hydrogen-bond donors (Lipinski definition) is 1. The summed E-state index contributed by atoms with van der Waals surface area (Å²) in [7, 11) is 0. The van der Waals surface area contributed by atoms with Crippen molar-refractivity contribution in [3.63, 3.8) is 0 Å². The van der Waals surface area contributed by atoms with E-state index in [-0.39, 0.29) is 11.6 Å². The summed E-state index contributed by atoms with van der Waals surface area (Å²) in [6.07, 6.45) is 9.23. The van der Waals surface area contributed by atoms with Gasteiger partial charge in [-0.3, -0.25) is 0 Å². The molecule has 1 saturated heterocycles. The van der Waals surface area contributed by atoms with E-state index in [1.807, 2.05) is 0 Å². The molecule has 2 aliphatic heterocycles. The maximum Gasteiger partial charge on any atom is 0.112 e. The van der Waals surface area contributed by atoms with E-state index in [0.717, 1.165) is 51.2 Å². The highest BCUT2D eigenvalue weighted by Crippen LogP contribution is 2.32. The van der Waals surface area contributed by atoms with Crippen LogP contribution in [0.2, 0.25) is 0 Å². The summed E-state index contributed by atoms with van der Waals surface area (Å²) >= 11 is 0. The summed E-state index contributed by atoms with van der Waals surface area (Å²) < 4.78 is 12.0. The minimum Gasteiger partial charge on any atom is -0.496 e. The number of nitrogens with one attached hydrogen (secondary N) is 1. The predicted octanol–water partition coefficient (Wildman–Crippen LogP) is 3.01. The van der Waals surface area contributed by atoms with E-state index in [0.29, 0.717) is 0 Å². The second kappa shape index (κ2) is 6.58. The van der Waals surface area contributed by atoms with Crippen LogP contribution in [0.1, 0.15) is 52.4 Å². The summed E-state index contributed by atoms with van der Waals surface area (Å²) in [6.45, 7) is 7.19. The Labute approximate surface area is 111 Å². The molecule has 2 atom stereocenters. The monoisotopic (exact) mass is 253 g/mol. The van der Waals surface area contributed by atoms with Crippen LogP contribution >= 0.6 is 0 Å². The lowest BCUT2D eigenvalue weighted by Crippen LogP contribution is -2.54. The molecule has 0 aliphatic carbocycles. The van der Waals surface area contributed by atoms with Gasteiger partial charge in [-0.05, 0) is 58.1 Å². The van der Waals surface area contributed by atoms with E-state index in [1.54, 1.807) is 0 Å². The van der Waals surface area contributed by atoms with Gasteiger partial charge in [0.2, 0.25) is 0 Å². The first-order valence-electron chi connectivity index (χ1n) is 7.46. The van der Waals surface area contributed by atoms with E-state index in [1.165, 1.54) is 12.8 Å². The van der Waals surface area contributed by atoms with Gasteiger partial charge in [0, 0.05) is 6.61 Å². The molecule has 0 aromatic heterocycles. The van der Waals surface area contributed by atoms with E-state index in [2.05, 4.69) is 25.2 Å². The molecule has 2 aliphatic rings. The predicted molar refractivity (Wildman–Crippen MR) is 73.6 cm³/mol. The van der Waals surface area contributed by atoms with Gasteiger partial charge in [0.1, 0.15) is 5.76 Å². The quantitative estimate of drug-likeness (QED) is 0.817. The molecule has 104 valence electrons. The van der Waals surface area contributed by atoms with Crippen molar-refractivity contribution in [2.45, 2.75) is 64.0 Å². The van der Waals surface area contributed by atoms with Crippen molar-refractivity contribution >= 4 is 0 Å². The summed E-state index contributed by atoms with van der Waals surface area (Å²) in [5, 5.41) is 3.63. The van der Waals surface area contributed by atoms with E-state index in [9.17, 15) is 0 Å². The Bertz CT molecular complexity index is 282. The van der Waals surface area contributed by atoms with Gasteiger partial charge in [0.05, 0.1) is 18.2 Å². The summed E-state index contributed by atoms with van der Waals surface area (Å²) in [5.74, 6) is 1.11. The lowest BCUT2D eigenvalue weighted by atomic mass is 9.86. The zero-order valence-electron chi connectivity index (χ0n) is 11.8. The highest BCUT2D eigenvalue weighted by molar-refractivity contribution is 5.13. The number of rotatable bonds is 5. The Morgan fingerprint density at radius 3 is 2.83 bits per heavy atom. The van der Waals surface area contributed by atoms with Crippen molar-refractivity contribution < 1.29 is 9.47 Å². The summed E-state index contributed by atoms with van der Waals surface area (Å²) in [4.78, 5) is 0. The molecule has 0 bridgehead atoms. The van der Waals surface area contributed by atoms with Crippen molar-refractivity contribution in [3.05, 3.63) is 11.8 Å². The van der Waals surface area contributed by atoms with Crippen molar-refractivity contribution in [2.75, 3.05) is 19.8 Å². The van der Waals surface area contributed by atoms with Crippen molar-refractivity contribution in [1.29, 1.82) is 0 Å². The summed E-state index contributed by atoms with van der Waals surface area (Å²) in [6, 6.07) is 0.220. The maximum atomic E-state index is 6.09. The Balaban J connectivity index is 2.09. The number of ether oxygens (including phenoxy) is 2. The summed E-state index contributed by atoms with van der Waals surface area (Å²) in [5.41, 5.74) is -0.101. The molecule has 0 amide bonds. The van der Waals surface area contributed by atoms with Gasteiger partial charge in [-0.25, -0.2) is 0 Å². The van der Waals surface area contributed by atoms with Gasteiger partial charge >= 0.3 is 0 Å². The van der Waals surface area contributed by atoms with Gasteiger partial charge < -0.3 is 14.8 Å². The van der Waals surface area contributed by atoms with Crippen LogP contribution in [-0.2, 0) is 9.47 Å². The number of allylic oxidation sites excluding steroid dienone is 1. The van der Waals surface area contributed by atoms with Gasteiger partial charge in [0.25, 0.3) is 0 Å². The van der Waals surface area contributed by atoms with Crippen LogP contribution in [0.25, 0.3) is 0 Å². The molecule has 2 heterocycles. The van der Waals surface area contributed by atoms with Crippen molar-refractivity contribution in [3.8, 4) is 0 Å². The largest absolute Gasteiger partial charge is 0.496 e. The standard InChI is InChI=1S/C15H27NO2/c1-3-10-16-14(13-8-4-6-11-17-13)15(2)9-5-7-12-18-15/h8,14,16H,3-7,9-12H2,1-2H3. The molecule has 0 spiro atoms. The molecular formula is C15H27NO2. The molecule has 1 N–H and O–H groups in total. The molecule has 18 heavy (non-hydrogen) atoms. The Morgan fingerprint density at radius 2 is 2.22 bits per heavy atom. The molecular weight excluding hydrogens is 226 g/mol. The molecule has 3 heteroatoms. The minimum atomic E-state index is -0.101. The maximum absolute atomic E-state index is 6.09. The van der Waals surface area contributed by atoms with Crippen molar-refractivity contribution in [1.82, 2.24) is 5.32 Å². The molecule has 0 aromatic rings. The first-order valence-corrected chi connectivity index (χ1v) is 7.46. The van der Waals surface area contributed by atoms with Gasteiger partial charge in [0.15, 0.2) is 0 Å². The highest BCUT2D eigenvalue weighted by atomic mass is 16.5. The van der Waals surface area contributed by atoms with E-state index < -0.39 is 0 Å². The first-order chi connectivity index (χ1) is 8.76. The van der Waals surface area contributed by atoms with Crippen LogP contribution in [0.3, 0.4) is 0 Å². The fourth-order valence-corrected chi connectivity index (χ4v) is 2.87. The van der Waals surface area contributed by atoms with Crippen LogP contribution in [0.4, 0.5) is 0 Å². The zero-order chi connectivity index (χ0) is 12.8. The number of hydrogen-bond acceptors (Lipinski definition) is 3. The fraction of sp³-hybridized carbons (Fsp3) is 0.867. The molecule has 2 unspecified atom stereocenters. The van der Waals surface area contributed by atoms with Gasteiger partial charge in [-0.2, -0.15) is 0 Å². The first kappa shape index (κ1) is 13.9. The average Bonchev–Trinajstić information content (AvgIpc) is 2.41. The van der Waals surface area contributed by atoms with E-state index >= 15 is 0 Å². The lowest BCUT2D eigenvalue weighted by molar-refractivity contribution is -0.0909. The second-order valence-corrected chi connectivity index (χ2v) is 5.60. The third-order valence-corrected chi connectivity index (χ3v) is 3.96. The van der Waals surface area contributed by atoms with Crippen LogP contribution in [0.15, 0.2) is 11.8 Å². The Morgan fingerprint density at radius 1 is 1.33 bits per heavy atom. The molecule has 3 nitrogen and oxygen atoms in total. The normalized spacial score (nSPS) is 30.4. The van der Waals surface area contributed by atoms with Crippen molar-refractivity contribution in [2.24, 2.45) is 0 Å². The van der Waals surface area contributed by atoms with Gasteiger partial charge in [-0.15, -0.1) is 0 Å². The zero-order valence-corrected chi connectivity index (χ0v) is 11.8. The third kappa shape index (κ3) is 3.27. The molecule has 0 aromatic carbocycles. The van der Waals surface area contributed by atoms with Crippen LogP contribution < -0.4 is 5.32 Å². The Kier molecular flexibility index (Phi) is 5.07. The SMILES string of the molecule is CCCNC(C1=CCCCO1)C1(C)CCCCO1. The molecule has 0 saturated carbocycles. The Hall–Kier alpha value is -0.540. The molecule has 1 fully saturated rings. The fourth-order valence-electron chi connectivity index (χ4n) is 2.87. The third-order valence-electron chi connectivity index (χ3n) is 3.96. The molecule has 2 rings (SSSR count). The van der Waals surface area contributed by atoms with Crippen LogP contribution in [0.5, 0.6) is 0 Å². The second-order valence-electron chi connectivity index (χ2n) is 5.60. The van der Waals surface area contributed by atoms with Crippen LogP contribution in [-0.4, -0.2) is 31.4 Å². The molecule has 0 radical (unpaired) electrons. The van der Waals surface area contributed by atoms with Gasteiger partial charge in [-0.1, -0.05) is 6.92 Å². The average molecular weight is 253 g/mol.